The Morgan fingerprint density at radius 3 is 2.77 bits per heavy atom. The summed E-state index contributed by atoms with van der Waals surface area (Å²) in [5.74, 6) is 0.0378. The molecule has 0 saturated carbocycles. The zero-order valence-corrected chi connectivity index (χ0v) is 8.01. The van der Waals surface area contributed by atoms with Gasteiger partial charge in [-0.15, -0.1) is 0 Å². The van der Waals surface area contributed by atoms with Crippen LogP contribution in [0.4, 0.5) is 0 Å². The first kappa shape index (κ1) is 8.97. The van der Waals surface area contributed by atoms with Gasteiger partial charge in [0.05, 0.1) is 12.1 Å². The number of carbonyl (C=O) groups excluding carboxylic acids is 1. The van der Waals surface area contributed by atoms with E-state index in [-0.39, 0.29) is 18.1 Å². The number of hydrogen-bond acceptors (Lipinski definition) is 3. The van der Waals surface area contributed by atoms with Crippen molar-refractivity contribution in [3.8, 4) is 0 Å². The number of ether oxygens (including phenoxy) is 1. The molecule has 2 rings (SSSR count). The normalized spacial score (nSPS) is 28.8. The fourth-order valence-corrected chi connectivity index (χ4v) is 2.02. The molecular weight excluding hydrogens is 168 g/mol. The van der Waals surface area contributed by atoms with Gasteiger partial charge in [0.2, 0.25) is 5.91 Å². The first-order chi connectivity index (χ1) is 6.20. The molecule has 0 aromatic rings. The van der Waals surface area contributed by atoms with Crippen molar-refractivity contribution >= 4 is 5.91 Å². The van der Waals surface area contributed by atoms with Gasteiger partial charge in [0.15, 0.2) is 0 Å². The lowest BCUT2D eigenvalue weighted by Crippen LogP contribution is -2.61. The maximum atomic E-state index is 11.2. The molecule has 74 valence electrons. The molecule has 0 aliphatic carbocycles. The van der Waals surface area contributed by atoms with Gasteiger partial charge in [0.1, 0.15) is 6.61 Å². The van der Waals surface area contributed by atoms with E-state index in [0.717, 1.165) is 25.9 Å². The quantitative estimate of drug-likeness (QED) is 0.557. The minimum Gasteiger partial charge on any atom is -0.369 e. The fraction of sp³-hybridized carbons (Fsp3) is 0.889. The van der Waals surface area contributed by atoms with Crippen molar-refractivity contribution in [2.45, 2.75) is 18.4 Å². The predicted molar refractivity (Wildman–Crippen MR) is 48.4 cm³/mol. The average molecular weight is 184 g/mol. The Labute approximate surface area is 78.2 Å². The van der Waals surface area contributed by atoms with E-state index < -0.39 is 0 Å². The van der Waals surface area contributed by atoms with Gasteiger partial charge >= 0.3 is 0 Å². The van der Waals surface area contributed by atoms with Crippen molar-refractivity contribution in [3.05, 3.63) is 0 Å². The maximum Gasteiger partial charge on any atom is 0.246 e. The molecule has 0 atom stereocenters. The summed E-state index contributed by atoms with van der Waals surface area (Å²) in [5.41, 5.74) is -0.0537. The van der Waals surface area contributed by atoms with Crippen LogP contribution in [0.15, 0.2) is 0 Å². The molecule has 0 unspecified atom stereocenters. The molecule has 2 heterocycles. The van der Waals surface area contributed by atoms with Crippen molar-refractivity contribution in [2.24, 2.45) is 0 Å². The van der Waals surface area contributed by atoms with Crippen LogP contribution in [0.2, 0.25) is 0 Å². The fourth-order valence-electron chi connectivity index (χ4n) is 2.02. The largest absolute Gasteiger partial charge is 0.369 e. The van der Waals surface area contributed by atoms with Crippen LogP contribution < -0.4 is 5.32 Å². The first-order valence-corrected chi connectivity index (χ1v) is 4.78. The third-order valence-electron chi connectivity index (χ3n) is 2.96. The van der Waals surface area contributed by atoms with Crippen LogP contribution in [-0.2, 0) is 9.53 Å². The summed E-state index contributed by atoms with van der Waals surface area (Å²) < 4.78 is 5.28. The average Bonchev–Trinajstić information content (AvgIpc) is 2.11. The van der Waals surface area contributed by atoms with Gasteiger partial charge in [0, 0.05) is 13.1 Å². The summed E-state index contributed by atoms with van der Waals surface area (Å²) in [7, 11) is 2.11. The van der Waals surface area contributed by atoms with E-state index in [4.69, 9.17) is 4.74 Å². The summed E-state index contributed by atoms with van der Waals surface area (Å²) in [6.07, 6.45) is 2.02. The van der Waals surface area contributed by atoms with E-state index in [1.165, 1.54) is 0 Å². The molecule has 0 aromatic heterocycles. The number of amides is 1. The number of likely N-dealkylation sites (tertiary alicyclic amines) is 1. The van der Waals surface area contributed by atoms with E-state index in [1.54, 1.807) is 0 Å². The smallest absolute Gasteiger partial charge is 0.246 e. The van der Waals surface area contributed by atoms with Gasteiger partial charge in [-0.1, -0.05) is 0 Å². The maximum absolute atomic E-state index is 11.2. The summed E-state index contributed by atoms with van der Waals surface area (Å²) in [6.45, 7) is 3.01. The van der Waals surface area contributed by atoms with Crippen molar-refractivity contribution in [1.82, 2.24) is 10.2 Å². The van der Waals surface area contributed by atoms with Gasteiger partial charge in [-0.05, 0) is 19.9 Å². The van der Waals surface area contributed by atoms with Crippen LogP contribution in [-0.4, -0.2) is 49.7 Å². The zero-order chi connectivity index (χ0) is 9.31. The van der Waals surface area contributed by atoms with Crippen molar-refractivity contribution in [3.63, 3.8) is 0 Å². The lowest BCUT2D eigenvalue weighted by Gasteiger charge is -2.43. The Morgan fingerprint density at radius 2 is 2.15 bits per heavy atom. The van der Waals surface area contributed by atoms with Crippen LogP contribution in [0.25, 0.3) is 0 Å². The Bertz CT molecular complexity index is 210. The summed E-state index contributed by atoms with van der Waals surface area (Å²) in [5, 5.41) is 3.06. The third kappa shape index (κ3) is 1.84. The number of nitrogens with one attached hydrogen (secondary N) is 1. The number of morpholine rings is 1. The lowest BCUT2D eigenvalue weighted by atomic mass is 9.87. The van der Waals surface area contributed by atoms with Gasteiger partial charge in [-0.2, -0.15) is 0 Å². The first-order valence-electron chi connectivity index (χ1n) is 4.78. The van der Waals surface area contributed by atoms with Gasteiger partial charge in [-0.3, -0.25) is 4.79 Å². The van der Waals surface area contributed by atoms with Gasteiger partial charge in [-0.25, -0.2) is 0 Å². The highest BCUT2D eigenvalue weighted by molar-refractivity contribution is 5.78. The van der Waals surface area contributed by atoms with Crippen LogP contribution in [0, 0.1) is 0 Å². The second-order valence-electron chi connectivity index (χ2n) is 4.12. The molecule has 2 saturated heterocycles. The second-order valence-corrected chi connectivity index (χ2v) is 4.12. The molecule has 13 heavy (non-hydrogen) atoms. The van der Waals surface area contributed by atoms with Crippen molar-refractivity contribution in [1.29, 1.82) is 0 Å². The van der Waals surface area contributed by atoms with Crippen molar-refractivity contribution < 1.29 is 9.53 Å². The highest BCUT2D eigenvalue weighted by Crippen LogP contribution is 2.23. The molecule has 2 aliphatic heterocycles. The Hall–Kier alpha value is -0.610. The molecule has 0 radical (unpaired) electrons. The number of hydrogen-bond donors (Lipinski definition) is 1. The highest BCUT2D eigenvalue weighted by atomic mass is 16.5. The minimum absolute atomic E-state index is 0.0378. The molecule has 2 aliphatic rings. The molecule has 4 heteroatoms. The molecule has 0 bridgehead atoms. The van der Waals surface area contributed by atoms with E-state index in [2.05, 4.69) is 17.3 Å². The number of piperidine rings is 1. The van der Waals surface area contributed by atoms with Gasteiger partial charge in [0.25, 0.3) is 0 Å². The van der Waals surface area contributed by atoms with E-state index in [9.17, 15) is 4.79 Å². The van der Waals surface area contributed by atoms with Crippen molar-refractivity contribution in [2.75, 3.05) is 33.4 Å². The molecule has 1 N–H and O–H groups in total. The SMILES string of the molecule is CN1CCC2(CC1)COCC(=O)N2. The molecule has 1 spiro atoms. The molecular formula is C9H16N2O2. The summed E-state index contributed by atoms with van der Waals surface area (Å²) in [6, 6.07) is 0. The third-order valence-corrected chi connectivity index (χ3v) is 2.96. The predicted octanol–water partition coefficient (Wildman–Crippen LogP) is -0.403. The standard InChI is InChI=1S/C9H16N2O2/c1-11-4-2-9(3-5-11)7-13-6-8(12)10-9/h2-7H2,1H3,(H,10,12). The minimum atomic E-state index is -0.0537. The number of rotatable bonds is 0. The molecule has 2 fully saturated rings. The van der Waals surface area contributed by atoms with E-state index in [0.29, 0.717) is 6.61 Å². The molecule has 1 amide bonds. The molecule has 4 nitrogen and oxygen atoms in total. The van der Waals surface area contributed by atoms with Gasteiger partial charge < -0.3 is 15.0 Å². The van der Waals surface area contributed by atoms with Crippen LogP contribution in [0.1, 0.15) is 12.8 Å². The van der Waals surface area contributed by atoms with E-state index >= 15 is 0 Å². The number of nitrogens with zero attached hydrogens (tertiary/aromatic N) is 1. The monoisotopic (exact) mass is 184 g/mol. The molecule has 0 aromatic carbocycles. The lowest BCUT2D eigenvalue weighted by molar-refractivity contribution is -0.137. The summed E-state index contributed by atoms with van der Waals surface area (Å²) in [4.78, 5) is 13.5. The Kier molecular flexibility index (Phi) is 2.26. The zero-order valence-electron chi connectivity index (χ0n) is 8.01. The Balaban J connectivity index is 1.99. The highest BCUT2D eigenvalue weighted by Gasteiger charge is 2.37. The topological polar surface area (TPSA) is 41.6 Å². The van der Waals surface area contributed by atoms with E-state index in [1.807, 2.05) is 0 Å². The second kappa shape index (κ2) is 3.27. The van der Waals surface area contributed by atoms with Crippen LogP contribution in [0.3, 0.4) is 0 Å². The van der Waals surface area contributed by atoms with Crippen LogP contribution >= 0.6 is 0 Å². The Morgan fingerprint density at radius 1 is 1.46 bits per heavy atom. The summed E-state index contributed by atoms with van der Waals surface area (Å²) >= 11 is 0. The number of carbonyl (C=O) groups is 1. The van der Waals surface area contributed by atoms with Crippen LogP contribution in [0.5, 0.6) is 0 Å².